The Balaban J connectivity index is 1.88. The van der Waals surface area contributed by atoms with Gasteiger partial charge in [0, 0.05) is 23.8 Å². The van der Waals surface area contributed by atoms with E-state index in [1.165, 1.54) is 0 Å². The van der Waals surface area contributed by atoms with E-state index < -0.39 is 6.09 Å². The third-order valence-electron chi connectivity index (χ3n) is 3.34. The second kappa shape index (κ2) is 6.06. The van der Waals surface area contributed by atoms with Crippen molar-refractivity contribution < 1.29 is 9.90 Å². The van der Waals surface area contributed by atoms with E-state index in [-0.39, 0.29) is 11.3 Å². The number of anilines is 1. The van der Waals surface area contributed by atoms with Crippen molar-refractivity contribution in [2.75, 3.05) is 5.32 Å². The average molecular weight is 285 g/mol. The fourth-order valence-electron chi connectivity index (χ4n) is 2.32. The van der Waals surface area contributed by atoms with Crippen LogP contribution in [0.5, 0.6) is 0 Å². The lowest BCUT2D eigenvalue weighted by molar-refractivity contribution is 0.185. The molecule has 6 nitrogen and oxygen atoms in total. The molecule has 7 heteroatoms. The van der Waals surface area contributed by atoms with Gasteiger partial charge in [-0.2, -0.15) is 0 Å². The van der Waals surface area contributed by atoms with Gasteiger partial charge in [-0.05, 0) is 44.2 Å². The molecule has 19 heavy (non-hydrogen) atoms. The molecule has 0 unspecified atom stereocenters. The molecule has 1 heterocycles. The Morgan fingerprint density at radius 1 is 1.37 bits per heavy atom. The van der Waals surface area contributed by atoms with E-state index in [1.807, 2.05) is 6.92 Å². The minimum Gasteiger partial charge on any atom is -0.465 e. The van der Waals surface area contributed by atoms with Crippen LogP contribution in [0, 0.1) is 6.92 Å². The Morgan fingerprint density at radius 3 is 2.63 bits per heavy atom. The van der Waals surface area contributed by atoms with E-state index >= 15 is 0 Å². The van der Waals surface area contributed by atoms with Crippen molar-refractivity contribution in [2.45, 2.75) is 44.7 Å². The van der Waals surface area contributed by atoms with E-state index in [9.17, 15) is 4.79 Å². The molecular formula is C12H17ClN4O2. The van der Waals surface area contributed by atoms with Gasteiger partial charge in [0.1, 0.15) is 5.82 Å². The lowest BCUT2D eigenvalue weighted by Gasteiger charge is -2.29. The predicted octanol–water partition coefficient (Wildman–Crippen LogP) is 2.43. The molecule has 0 bridgehead atoms. The summed E-state index contributed by atoms with van der Waals surface area (Å²) in [5.41, 5.74) is 0.954. The van der Waals surface area contributed by atoms with Gasteiger partial charge in [-0.15, -0.1) is 0 Å². The molecule has 104 valence electrons. The second-order valence-corrected chi connectivity index (χ2v) is 5.15. The first kappa shape index (κ1) is 13.9. The number of carbonyl (C=O) groups is 1. The summed E-state index contributed by atoms with van der Waals surface area (Å²) < 4.78 is 0. The summed E-state index contributed by atoms with van der Waals surface area (Å²) in [4.78, 5) is 18.6. The summed E-state index contributed by atoms with van der Waals surface area (Å²) in [5, 5.41) is 14.8. The number of hydrogen-bond donors (Lipinski definition) is 3. The molecule has 0 saturated heterocycles. The standard InChI is InChI=1S/C12H17ClN4O2/c1-7-6-14-11(13)17-10(7)15-8-2-4-9(5-3-8)16-12(18)19/h6,8-9,16H,2-5H2,1H3,(H,18,19)(H,14,15,17). The highest BCUT2D eigenvalue weighted by molar-refractivity contribution is 6.28. The van der Waals surface area contributed by atoms with Crippen molar-refractivity contribution in [3.05, 3.63) is 17.0 Å². The maximum absolute atomic E-state index is 10.6. The molecule has 1 aromatic rings. The normalized spacial score (nSPS) is 22.8. The Morgan fingerprint density at radius 2 is 2.00 bits per heavy atom. The summed E-state index contributed by atoms with van der Waals surface area (Å²) in [6.45, 7) is 1.93. The molecule has 1 fully saturated rings. The molecule has 1 aliphatic carbocycles. The molecule has 3 N–H and O–H groups in total. The minimum atomic E-state index is -0.949. The van der Waals surface area contributed by atoms with E-state index in [0.717, 1.165) is 37.1 Å². The van der Waals surface area contributed by atoms with E-state index in [0.29, 0.717) is 6.04 Å². The molecule has 1 amide bonds. The highest BCUT2D eigenvalue weighted by Gasteiger charge is 2.22. The maximum Gasteiger partial charge on any atom is 0.404 e. The fourth-order valence-corrected chi connectivity index (χ4v) is 2.45. The Kier molecular flexibility index (Phi) is 4.42. The molecule has 2 rings (SSSR count). The van der Waals surface area contributed by atoms with E-state index in [1.54, 1.807) is 6.20 Å². The van der Waals surface area contributed by atoms with Crippen LogP contribution in [0.2, 0.25) is 5.28 Å². The van der Waals surface area contributed by atoms with Gasteiger partial charge in [0.25, 0.3) is 0 Å². The monoisotopic (exact) mass is 284 g/mol. The first-order valence-corrected chi connectivity index (χ1v) is 6.67. The predicted molar refractivity (Wildman–Crippen MR) is 72.6 cm³/mol. The van der Waals surface area contributed by atoms with Gasteiger partial charge >= 0.3 is 6.09 Å². The van der Waals surface area contributed by atoms with E-state index in [4.69, 9.17) is 16.7 Å². The van der Waals surface area contributed by atoms with Crippen LogP contribution in [0.4, 0.5) is 10.6 Å². The zero-order valence-corrected chi connectivity index (χ0v) is 11.4. The topological polar surface area (TPSA) is 87.1 Å². The molecule has 1 aromatic heterocycles. The number of carboxylic acid groups (broad SMARTS) is 1. The molecule has 1 aliphatic rings. The first-order chi connectivity index (χ1) is 9.04. The largest absolute Gasteiger partial charge is 0.465 e. The van der Waals surface area contributed by atoms with Gasteiger partial charge in [-0.25, -0.2) is 14.8 Å². The molecule has 0 radical (unpaired) electrons. The van der Waals surface area contributed by atoms with Crippen LogP contribution in [0.3, 0.4) is 0 Å². The van der Waals surface area contributed by atoms with Gasteiger partial charge in [0.15, 0.2) is 0 Å². The lowest BCUT2D eigenvalue weighted by Crippen LogP contribution is -2.39. The van der Waals surface area contributed by atoms with Gasteiger partial charge in [-0.1, -0.05) is 0 Å². The molecule has 0 aliphatic heterocycles. The fraction of sp³-hybridized carbons (Fsp3) is 0.583. The van der Waals surface area contributed by atoms with Gasteiger partial charge in [0.2, 0.25) is 5.28 Å². The molecule has 1 saturated carbocycles. The zero-order chi connectivity index (χ0) is 13.8. The number of aromatic nitrogens is 2. The second-order valence-electron chi connectivity index (χ2n) is 4.81. The van der Waals surface area contributed by atoms with Crippen LogP contribution in [0.15, 0.2) is 6.20 Å². The number of aryl methyl sites for hydroxylation is 1. The summed E-state index contributed by atoms with van der Waals surface area (Å²) in [7, 11) is 0. The SMILES string of the molecule is Cc1cnc(Cl)nc1NC1CCC(NC(=O)O)CC1. The van der Waals surface area contributed by atoms with Crippen LogP contribution in [0.1, 0.15) is 31.2 Å². The summed E-state index contributed by atoms with van der Waals surface area (Å²) in [6, 6.07) is 0.363. The van der Waals surface area contributed by atoms with Crippen molar-refractivity contribution in [3.8, 4) is 0 Å². The Bertz CT molecular complexity index is 461. The number of halogens is 1. The van der Waals surface area contributed by atoms with Crippen LogP contribution < -0.4 is 10.6 Å². The van der Waals surface area contributed by atoms with Crippen molar-refractivity contribution in [1.29, 1.82) is 0 Å². The average Bonchev–Trinajstić information content (AvgIpc) is 2.35. The molecule has 0 aromatic carbocycles. The number of amides is 1. The van der Waals surface area contributed by atoms with E-state index in [2.05, 4.69) is 20.6 Å². The van der Waals surface area contributed by atoms with Crippen molar-refractivity contribution in [3.63, 3.8) is 0 Å². The van der Waals surface area contributed by atoms with Gasteiger partial charge < -0.3 is 15.7 Å². The quantitative estimate of drug-likeness (QED) is 0.742. The zero-order valence-electron chi connectivity index (χ0n) is 10.7. The summed E-state index contributed by atoms with van der Waals surface area (Å²) >= 11 is 5.78. The number of hydrogen-bond acceptors (Lipinski definition) is 4. The molecule has 0 atom stereocenters. The van der Waals surface area contributed by atoms with Crippen molar-refractivity contribution >= 4 is 23.5 Å². The number of nitrogens with one attached hydrogen (secondary N) is 2. The highest BCUT2D eigenvalue weighted by atomic mass is 35.5. The van der Waals surface area contributed by atoms with Crippen molar-refractivity contribution in [2.24, 2.45) is 0 Å². The summed E-state index contributed by atoms with van der Waals surface area (Å²) in [6.07, 6.45) is 4.23. The lowest BCUT2D eigenvalue weighted by atomic mass is 9.91. The third kappa shape index (κ3) is 3.96. The Hall–Kier alpha value is -1.56. The molecular weight excluding hydrogens is 268 g/mol. The number of nitrogens with zero attached hydrogens (tertiary/aromatic N) is 2. The van der Waals surface area contributed by atoms with Gasteiger partial charge in [0.05, 0.1) is 0 Å². The van der Waals surface area contributed by atoms with Gasteiger partial charge in [-0.3, -0.25) is 0 Å². The highest BCUT2D eigenvalue weighted by Crippen LogP contribution is 2.23. The van der Waals surface area contributed by atoms with Crippen LogP contribution in [-0.4, -0.2) is 33.3 Å². The van der Waals surface area contributed by atoms with Crippen molar-refractivity contribution in [1.82, 2.24) is 15.3 Å². The van der Waals surface area contributed by atoms with Crippen LogP contribution >= 0.6 is 11.6 Å². The first-order valence-electron chi connectivity index (χ1n) is 6.29. The number of rotatable bonds is 3. The van der Waals surface area contributed by atoms with Crippen LogP contribution in [0.25, 0.3) is 0 Å². The third-order valence-corrected chi connectivity index (χ3v) is 3.52. The summed E-state index contributed by atoms with van der Waals surface area (Å²) in [5.74, 6) is 0.759. The Labute approximate surface area is 116 Å². The smallest absolute Gasteiger partial charge is 0.404 e. The maximum atomic E-state index is 10.6. The molecule has 0 spiro atoms. The minimum absolute atomic E-state index is 0.0608. The van der Waals surface area contributed by atoms with Crippen LogP contribution in [-0.2, 0) is 0 Å².